The maximum absolute atomic E-state index is 12.4. The number of nitrogens with zero attached hydrogens (tertiary/aromatic N) is 2. The van der Waals surface area contributed by atoms with E-state index >= 15 is 0 Å². The Morgan fingerprint density at radius 1 is 1.21 bits per heavy atom. The van der Waals surface area contributed by atoms with E-state index in [0.29, 0.717) is 6.54 Å². The zero-order valence-corrected chi connectivity index (χ0v) is 14.2. The second-order valence-corrected chi connectivity index (χ2v) is 5.34. The molecule has 0 aliphatic rings. The minimum absolute atomic E-state index is 0. The molecule has 0 fully saturated rings. The molecule has 0 unspecified atom stereocenters. The average molecular weight is 353 g/mol. The number of nitrogens with two attached hydrogens (primary N) is 1. The van der Waals surface area contributed by atoms with Crippen molar-refractivity contribution in [3.05, 3.63) is 69.0 Å². The number of rotatable bonds is 6. The van der Waals surface area contributed by atoms with E-state index in [1.165, 1.54) is 16.8 Å². The highest BCUT2D eigenvalue weighted by atomic mass is 35.5. The Hall–Kier alpha value is -2.38. The molecule has 0 saturated heterocycles. The molecule has 0 saturated carbocycles. The maximum atomic E-state index is 12.4. The summed E-state index contributed by atoms with van der Waals surface area (Å²) in [5, 5.41) is 2.63. The van der Waals surface area contributed by atoms with Gasteiger partial charge in [-0.15, -0.1) is 12.4 Å². The van der Waals surface area contributed by atoms with E-state index in [2.05, 4.69) is 5.32 Å². The Balaban J connectivity index is 0.00000288. The molecule has 8 heteroatoms. The molecule has 1 amide bonds. The van der Waals surface area contributed by atoms with Gasteiger partial charge in [0, 0.05) is 24.8 Å². The predicted molar refractivity (Wildman–Crippen MR) is 94.4 cm³/mol. The summed E-state index contributed by atoms with van der Waals surface area (Å²) < 4.78 is 2.32. The number of hydrogen-bond acceptors (Lipinski definition) is 4. The molecule has 24 heavy (non-hydrogen) atoms. The topological polar surface area (TPSA) is 99.1 Å². The van der Waals surface area contributed by atoms with Crippen LogP contribution in [0.3, 0.4) is 0 Å². The molecule has 0 bridgehead atoms. The highest BCUT2D eigenvalue weighted by Crippen LogP contribution is 1.99. The lowest BCUT2D eigenvalue weighted by atomic mass is 10.2. The summed E-state index contributed by atoms with van der Waals surface area (Å²) in [4.78, 5) is 36.2. The van der Waals surface area contributed by atoms with Gasteiger partial charge in [-0.2, -0.15) is 0 Å². The number of benzene rings is 1. The fourth-order valence-corrected chi connectivity index (χ4v) is 2.13. The Morgan fingerprint density at radius 2 is 1.88 bits per heavy atom. The van der Waals surface area contributed by atoms with Crippen molar-refractivity contribution in [1.29, 1.82) is 0 Å². The molecule has 1 atom stereocenters. The van der Waals surface area contributed by atoms with Crippen molar-refractivity contribution >= 4 is 18.3 Å². The molecule has 2 rings (SSSR count). The molecule has 2 aromatic rings. The first-order valence-corrected chi connectivity index (χ1v) is 7.35. The van der Waals surface area contributed by atoms with Gasteiger partial charge in [-0.3, -0.25) is 18.7 Å². The van der Waals surface area contributed by atoms with E-state index in [4.69, 9.17) is 5.73 Å². The summed E-state index contributed by atoms with van der Waals surface area (Å²) in [6, 6.07) is 10.5. The van der Waals surface area contributed by atoms with Crippen molar-refractivity contribution in [2.24, 2.45) is 5.73 Å². The highest BCUT2D eigenvalue weighted by Gasteiger charge is 2.11. The van der Waals surface area contributed by atoms with Gasteiger partial charge in [-0.1, -0.05) is 30.3 Å². The third-order valence-corrected chi connectivity index (χ3v) is 3.40. The lowest BCUT2D eigenvalue weighted by Crippen LogP contribution is -2.46. The van der Waals surface area contributed by atoms with Gasteiger partial charge in [0.2, 0.25) is 5.91 Å². The predicted octanol–water partition coefficient (Wildman–Crippen LogP) is -0.0565. The minimum atomic E-state index is -0.517. The fraction of sp³-hybridized carbons (Fsp3) is 0.312. The Labute approximate surface area is 145 Å². The zero-order chi connectivity index (χ0) is 16.8. The third-order valence-electron chi connectivity index (χ3n) is 3.40. The van der Waals surface area contributed by atoms with E-state index in [-0.39, 0.29) is 31.5 Å². The van der Waals surface area contributed by atoms with Crippen molar-refractivity contribution in [3.8, 4) is 0 Å². The lowest BCUT2D eigenvalue weighted by molar-refractivity contribution is -0.122. The molecule has 1 aromatic carbocycles. The van der Waals surface area contributed by atoms with Crippen LogP contribution in [0.25, 0.3) is 0 Å². The van der Waals surface area contributed by atoms with Gasteiger partial charge in [-0.25, -0.2) is 4.79 Å². The monoisotopic (exact) mass is 352 g/mol. The number of hydrogen-bond donors (Lipinski definition) is 2. The molecule has 7 nitrogen and oxygen atoms in total. The van der Waals surface area contributed by atoms with Gasteiger partial charge < -0.3 is 11.1 Å². The van der Waals surface area contributed by atoms with Crippen LogP contribution in [0.15, 0.2) is 52.2 Å². The van der Waals surface area contributed by atoms with Crippen LogP contribution in [-0.2, 0) is 17.9 Å². The molecule has 3 N–H and O–H groups in total. The number of carbonyl (C=O) groups is 1. The fourth-order valence-electron chi connectivity index (χ4n) is 2.13. The SMILES string of the molecule is C[C@@H](CN)NC(=O)Cn1c(=O)ccn(Cc2ccccc2)c1=O.Cl. The van der Waals surface area contributed by atoms with Gasteiger partial charge in [0.15, 0.2) is 0 Å². The van der Waals surface area contributed by atoms with Crippen LogP contribution in [0.1, 0.15) is 12.5 Å². The lowest BCUT2D eigenvalue weighted by Gasteiger charge is -2.13. The molecule has 1 heterocycles. The van der Waals surface area contributed by atoms with Crippen molar-refractivity contribution in [1.82, 2.24) is 14.5 Å². The number of amides is 1. The quantitative estimate of drug-likeness (QED) is 0.761. The van der Waals surface area contributed by atoms with E-state index in [1.807, 2.05) is 30.3 Å². The molecule has 0 spiro atoms. The molecule has 0 radical (unpaired) electrons. The van der Waals surface area contributed by atoms with E-state index in [0.717, 1.165) is 10.1 Å². The first kappa shape index (κ1) is 19.7. The van der Waals surface area contributed by atoms with Crippen molar-refractivity contribution in [2.45, 2.75) is 26.1 Å². The van der Waals surface area contributed by atoms with Gasteiger partial charge in [0.05, 0.1) is 6.54 Å². The summed E-state index contributed by atoms with van der Waals surface area (Å²) >= 11 is 0. The first-order chi connectivity index (χ1) is 11.0. The highest BCUT2D eigenvalue weighted by molar-refractivity contribution is 5.85. The van der Waals surface area contributed by atoms with E-state index in [1.54, 1.807) is 6.92 Å². The van der Waals surface area contributed by atoms with Crippen LogP contribution < -0.4 is 22.3 Å². The molecule has 0 aliphatic heterocycles. The standard InChI is InChI=1S/C16H20N4O3.ClH/c1-12(9-17)18-14(21)11-20-15(22)7-8-19(16(20)23)10-13-5-3-2-4-6-13;/h2-8,12H,9-11,17H2,1H3,(H,18,21);1H/t12-;/m0./s1. The Kier molecular flexibility index (Phi) is 7.41. The Bertz CT molecular complexity index is 786. The van der Waals surface area contributed by atoms with E-state index in [9.17, 15) is 14.4 Å². The molecule has 1 aromatic heterocycles. The van der Waals surface area contributed by atoms with Crippen LogP contribution in [-0.4, -0.2) is 27.6 Å². The minimum Gasteiger partial charge on any atom is -0.351 e. The van der Waals surface area contributed by atoms with Crippen LogP contribution >= 0.6 is 12.4 Å². The maximum Gasteiger partial charge on any atom is 0.331 e. The summed E-state index contributed by atoms with van der Waals surface area (Å²) in [6.07, 6.45) is 1.44. The summed E-state index contributed by atoms with van der Waals surface area (Å²) in [5.74, 6) is -0.417. The van der Waals surface area contributed by atoms with E-state index < -0.39 is 17.2 Å². The van der Waals surface area contributed by atoms with Crippen molar-refractivity contribution < 1.29 is 4.79 Å². The second kappa shape index (κ2) is 9.05. The molecule has 0 aliphatic carbocycles. The van der Waals surface area contributed by atoms with Crippen LogP contribution in [0.4, 0.5) is 0 Å². The average Bonchev–Trinajstić information content (AvgIpc) is 2.55. The molecule has 130 valence electrons. The summed E-state index contributed by atoms with van der Waals surface area (Å²) in [6.45, 7) is 2.05. The zero-order valence-electron chi connectivity index (χ0n) is 13.3. The van der Waals surface area contributed by atoms with Crippen LogP contribution in [0.5, 0.6) is 0 Å². The largest absolute Gasteiger partial charge is 0.351 e. The van der Waals surface area contributed by atoms with Gasteiger partial charge in [0.25, 0.3) is 5.56 Å². The smallest absolute Gasteiger partial charge is 0.331 e. The van der Waals surface area contributed by atoms with Gasteiger partial charge >= 0.3 is 5.69 Å². The molecular weight excluding hydrogens is 332 g/mol. The van der Waals surface area contributed by atoms with Gasteiger partial charge in [0.1, 0.15) is 6.54 Å². The molecular formula is C16H21ClN4O3. The number of aromatic nitrogens is 2. The Morgan fingerprint density at radius 3 is 2.50 bits per heavy atom. The van der Waals surface area contributed by atoms with Crippen molar-refractivity contribution in [3.63, 3.8) is 0 Å². The second-order valence-electron chi connectivity index (χ2n) is 5.34. The summed E-state index contributed by atoms with van der Waals surface area (Å²) in [5.41, 5.74) is 5.34. The van der Waals surface area contributed by atoms with Crippen molar-refractivity contribution in [2.75, 3.05) is 6.54 Å². The van der Waals surface area contributed by atoms with Crippen LogP contribution in [0, 0.1) is 0 Å². The number of nitrogens with one attached hydrogen (secondary N) is 1. The van der Waals surface area contributed by atoms with Gasteiger partial charge in [-0.05, 0) is 12.5 Å². The normalized spacial score (nSPS) is 11.4. The number of halogens is 1. The van der Waals surface area contributed by atoms with Crippen LogP contribution in [0.2, 0.25) is 0 Å². The third kappa shape index (κ3) is 5.07. The number of carbonyl (C=O) groups excluding carboxylic acids is 1. The first-order valence-electron chi connectivity index (χ1n) is 7.35. The summed E-state index contributed by atoms with van der Waals surface area (Å²) in [7, 11) is 0.